The zero-order valence-corrected chi connectivity index (χ0v) is 22.0. The van der Waals surface area contributed by atoms with E-state index in [0.717, 1.165) is 0 Å². The summed E-state index contributed by atoms with van der Waals surface area (Å²) in [6, 6.07) is 57.6. The topological polar surface area (TPSA) is 0 Å². The average Bonchev–Trinajstić information content (AvgIpc) is 3.03. The maximum atomic E-state index is 2.37. The minimum Gasteiger partial charge on any atom is -0.0616 e. The van der Waals surface area contributed by atoms with E-state index in [-0.39, 0.29) is 0 Å². The fourth-order valence-corrected chi connectivity index (χ4v) is 6.41. The van der Waals surface area contributed by atoms with Crippen molar-refractivity contribution < 1.29 is 0 Å². The van der Waals surface area contributed by atoms with E-state index in [1.807, 2.05) is 0 Å². The number of rotatable bonds is 3. The highest BCUT2D eigenvalue weighted by atomic mass is 14.2. The molecule has 8 rings (SSSR count). The molecule has 186 valence electrons. The van der Waals surface area contributed by atoms with E-state index in [2.05, 4.69) is 158 Å². The van der Waals surface area contributed by atoms with Crippen LogP contribution in [0.2, 0.25) is 0 Å². The van der Waals surface area contributed by atoms with E-state index in [0.29, 0.717) is 0 Å². The van der Waals surface area contributed by atoms with Crippen LogP contribution >= 0.6 is 0 Å². The van der Waals surface area contributed by atoms with Crippen molar-refractivity contribution in [1.82, 2.24) is 0 Å². The van der Waals surface area contributed by atoms with Crippen LogP contribution in [0.1, 0.15) is 0 Å². The summed E-state index contributed by atoms with van der Waals surface area (Å²) in [7, 11) is 0. The molecule has 0 aromatic heterocycles. The van der Waals surface area contributed by atoms with Gasteiger partial charge in [0.25, 0.3) is 0 Å². The number of hydrogen-bond donors (Lipinski definition) is 0. The molecule has 0 aliphatic rings. The molecule has 0 atom stereocenters. The molecular weight excluding hydrogens is 480 g/mol. The van der Waals surface area contributed by atoms with E-state index in [9.17, 15) is 0 Å². The lowest BCUT2D eigenvalue weighted by atomic mass is 9.85. The van der Waals surface area contributed by atoms with Crippen molar-refractivity contribution in [3.8, 4) is 33.4 Å². The minimum atomic E-state index is 1.24. The third kappa shape index (κ3) is 3.61. The van der Waals surface area contributed by atoms with Crippen LogP contribution in [-0.4, -0.2) is 0 Å². The first-order valence-electron chi connectivity index (χ1n) is 13.9. The van der Waals surface area contributed by atoms with Gasteiger partial charge in [0.2, 0.25) is 0 Å². The van der Waals surface area contributed by atoms with Crippen LogP contribution in [0.5, 0.6) is 0 Å². The lowest BCUT2D eigenvalue weighted by Crippen LogP contribution is -1.91. The van der Waals surface area contributed by atoms with E-state index >= 15 is 0 Å². The molecule has 0 spiro atoms. The molecule has 0 saturated heterocycles. The van der Waals surface area contributed by atoms with Crippen LogP contribution in [0.4, 0.5) is 0 Å². The highest BCUT2D eigenvalue weighted by Gasteiger charge is 2.17. The van der Waals surface area contributed by atoms with Crippen LogP contribution in [0.15, 0.2) is 158 Å². The number of benzene rings is 8. The molecule has 8 aromatic carbocycles. The van der Waals surface area contributed by atoms with Crippen molar-refractivity contribution in [2.45, 2.75) is 0 Å². The van der Waals surface area contributed by atoms with Crippen molar-refractivity contribution in [2.75, 3.05) is 0 Å². The van der Waals surface area contributed by atoms with E-state index in [1.165, 1.54) is 76.5 Å². The minimum absolute atomic E-state index is 1.24. The normalized spacial score (nSPS) is 11.5. The fraction of sp³-hybridized carbons (Fsp3) is 0. The first-order valence-corrected chi connectivity index (χ1v) is 13.9. The van der Waals surface area contributed by atoms with Crippen molar-refractivity contribution in [3.05, 3.63) is 158 Å². The predicted octanol–water partition coefficient (Wildman–Crippen LogP) is 11.3. The van der Waals surface area contributed by atoms with Crippen molar-refractivity contribution in [3.63, 3.8) is 0 Å². The second-order valence-electron chi connectivity index (χ2n) is 10.5. The first-order chi connectivity index (χ1) is 19.8. The molecule has 40 heavy (non-hydrogen) atoms. The Morgan fingerprint density at radius 2 is 0.725 bits per heavy atom. The van der Waals surface area contributed by atoms with E-state index in [1.54, 1.807) is 0 Å². The summed E-state index contributed by atoms with van der Waals surface area (Å²) in [5.74, 6) is 0. The Morgan fingerprint density at radius 3 is 1.40 bits per heavy atom. The molecule has 0 heteroatoms. The van der Waals surface area contributed by atoms with Gasteiger partial charge >= 0.3 is 0 Å². The lowest BCUT2D eigenvalue weighted by Gasteiger charge is -2.18. The average molecular weight is 507 g/mol. The van der Waals surface area contributed by atoms with Gasteiger partial charge in [0, 0.05) is 0 Å². The molecular formula is C40H26. The summed E-state index contributed by atoms with van der Waals surface area (Å²) in [5, 5.41) is 10.2. The highest BCUT2D eigenvalue weighted by Crippen LogP contribution is 2.44. The number of hydrogen-bond acceptors (Lipinski definition) is 0. The summed E-state index contributed by atoms with van der Waals surface area (Å²) in [6.45, 7) is 0. The van der Waals surface area contributed by atoms with Crippen LogP contribution < -0.4 is 0 Å². The van der Waals surface area contributed by atoms with Crippen LogP contribution in [0.3, 0.4) is 0 Å². The Labute approximate surface area is 233 Å². The van der Waals surface area contributed by atoms with Gasteiger partial charge in [-0.05, 0) is 88.6 Å². The SMILES string of the molecule is c1cc(-c2cccc3ccccc23)cc(-c2c3ccccc3c(-c3ccc4ccccc4c3)c3ccccc23)c1. The summed E-state index contributed by atoms with van der Waals surface area (Å²) in [4.78, 5) is 0. The second kappa shape index (κ2) is 9.22. The molecule has 0 bridgehead atoms. The van der Waals surface area contributed by atoms with Gasteiger partial charge in [-0.15, -0.1) is 0 Å². The summed E-state index contributed by atoms with van der Waals surface area (Å²) < 4.78 is 0. The van der Waals surface area contributed by atoms with Crippen molar-refractivity contribution >= 4 is 43.1 Å². The third-order valence-electron chi connectivity index (χ3n) is 8.22. The Hall–Kier alpha value is -5.20. The number of fused-ring (bicyclic) bond motifs is 4. The summed E-state index contributed by atoms with van der Waals surface area (Å²) in [6.07, 6.45) is 0. The maximum absolute atomic E-state index is 2.37. The molecule has 0 aliphatic heterocycles. The Balaban J connectivity index is 1.42. The largest absolute Gasteiger partial charge is 0.0616 e. The first kappa shape index (κ1) is 22.8. The van der Waals surface area contributed by atoms with Gasteiger partial charge in [-0.1, -0.05) is 146 Å². The third-order valence-corrected chi connectivity index (χ3v) is 8.22. The molecule has 0 aliphatic carbocycles. The Bertz CT molecular complexity index is 2150. The molecule has 0 amide bonds. The van der Waals surface area contributed by atoms with Crippen LogP contribution in [0.25, 0.3) is 76.5 Å². The molecule has 8 aromatic rings. The van der Waals surface area contributed by atoms with Crippen molar-refractivity contribution in [2.24, 2.45) is 0 Å². The van der Waals surface area contributed by atoms with E-state index in [4.69, 9.17) is 0 Å². The smallest absolute Gasteiger partial charge is 0.00262 e. The quantitative estimate of drug-likeness (QED) is 0.209. The monoisotopic (exact) mass is 506 g/mol. The van der Waals surface area contributed by atoms with Crippen molar-refractivity contribution in [1.29, 1.82) is 0 Å². The van der Waals surface area contributed by atoms with Gasteiger partial charge in [-0.2, -0.15) is 0 Å². The molecule has 0 unspecified atom stereocenters. The summed E-state index contributed by atoms with van der Waals surface area (Å²) in [5.41, 5.74) is 7.58. The van der Waals surface area contributed by atoms with Crippen LogP contribution in [0, 0.1) is 0 Å². The van der Waals surface area contributed by atoms with E-state index < -0.39 is 0 Å². The molecule has 0 nitrogen and oxygen atoms in total. The van der Waals surface area contributed by atoms with Gasteiger partial charge in [0.15, 0.2) is 0 Å². The Kier molecular flexibility index (Phi) is 5.24. The zero-order chi connectivity index (χ0) is 26.5. The van der Waals surface area contributed by atoms with Gasteiger partial charge in [0.05, 0.1) is 0 Å². The maximum Gasteiger partial charge on any atom is -0.00262 e. The zero-order valence-electron chi connectivity index (χ0n) is 22.0. The lowest BCUT2D eigenvalue weighted by molar-refractivity contribution is 1.63. The highest BCUT2D eigenvalue weighted by molar-refractivity contribution is 6.22. The standard InChI is InChI=1S/C40H26/c1-2-13-29-25-32(24-23-27(29)11-1)40-37-20-7-5-18-35(37)39(36-19-6-8-21-38(36)40)31-16-9-15-30(26-31)34-22-10-14-28-12-3-4-17-33(28)34/h1-26H. The molecule has 0 radical (unpaired) electrons. The molecule has 0 heterocycles. The second-order valence-corrected chi connectivity index (χ2v) is 10.5. The molecule has 0 N–H and O–H groups in total. The van der Waals surface area contributed by atoms with Gasteiger partial charge in [0.1, 0.15) is 0 Å². The summed E-state index contributed by atoms with van der Waals surface area (Å²) >= 11 is 0. The Morgan fingerprint density at radius 1 is 0.250 bits per heavy atom. The van der Waals surface area contributed by atoms with Gasteiger partial charge < -0.3 is 0 Å². The van der Waals surface area contributed by atoms with Gasteiger partial charge in [-0.25, -0.2) is 0 Å². The van der Waals surface area contributed by atoms with Crippen LogP contribution in [-0.2, 0) is 0 Å². The fourth-order valence-electron chi connectivity index (χ4n) is 6.41. The van der Waals surface area contributed by atoms with Gasteiger partial charge in [-0.3, -0.25) is 0 Å². The predicted molar refractivity (Wildman–Crippen MR) is 173 cm³/mol. The molecule has 0 fully saturated rings. The molecule has 0 saturated carbocycles.